The van der Waals surface area contributed by atoms with Gasteiger partial charge in [-0.1, -0.05) is 24.3 Å². The van der Waals surface area contributed by atoms with Crippen LogP contribution in [0.1, 0.15) is 38.8 Å². The maximum Gasteiger partial charge on any atom is 0.191 e. The summed E-state index contributed by atoms with van der Waals surface area (Å²) >= 11 is 0. The van der Waals surface area contributed by atoms with Crippen molar-refractivity contribution in [3.8, 4) is 0 Å². The van der Waals surface area contributed by atoms with Gasteiger partial charge in [0.25, 0.3) is 0 Å². The largest absolute Gasteiger partial charge is 0.357 e. The van der Waals surface area contributed by atoms with Gasteiger partial charge in [-0.2, -0.15) is 0 Å². The fourth-order valence-electron chi connectivity index (χ4n) is 2.71. The number of rotatable bonds is 4. The molecule has 1 aromatic carbocycles. The first kappa shape index (κ1) is 20.2. The number of halogens is 1. The molecule has 0 saturated carbocycles. The Morgan fingerprint density at radius 2 is 1.91 bits per heavy atom. The fourth-order valence-corrected chi connectivity index (χ4v) is 2.71. The smallest absolute Gasteiger partial charge is 0.191 e. The average Bonchev–Trinajstić information content (AvgIpc) is 2.46. The van der Waals surface area contributed by atoms with Gasteiger partial charge in [-0.25, -0.2) is 0 Å². The van der Waals surface area contributed by atoms with Crippen molar-refractivity contribution in [1.82, 2.24) is 15.5 Å². The van der Waals surface area contributed by atoms with Gasteiger partial charge in [0, 0.05) is 31.7 Å². The quantitative estimate of drug-likeness (QED) is 0.438. The molecule has 1 aliphatic heterocycles. The van der Waals surface area contributed by atoms with E-state index >= 15 is 0 Å². The van der Waals surface area contributed by atoms with Gasteiger partial charge in [0.2, 0.25) is 0 Å². The minimum atomic E-state index is 0. The third kappa shape index (κ3) is 7.08. The zero-order chi connectivity index (χ0) is 16.0. The summed E-state index contributed by atoms with van der Waals surface area (Å²) in [5, 5.41) is 6.74. The Morgan fingerprint density at radius 3 is 2.57 bits per heavy atom. The molecule has 0 amide bonds. The van der Waals surface area contributed by atoms with Gasteiger partial charge in [-0.05, 0) is 45.2 Å². The SMILES string of the molecule is CCNC(=NCCN1CCc2ccccc2C1)NC(C)(C)C.I. The average molecular weight is 430 g/mol. The minimum Gasteiger partial charge on any atom is -0.357 e. The van der Waals surface area contributed by atoms with E-state index in [1.54, 1.807) is 0 Å². The van der Waals surface area contributed by atoms with Gasteiger partial charge in [0.1, 0.15) is 0 Å². The van der Waals surface area contributed by atoms with Crippen molar-refractivity contribution in [2.75, 3.05) is 26.2 Å². The molecule has 4 nitrogen and oxygen atoms in total. The second-order valence-electron chi connectivity index (χ2n) is 6.93. The van der Waals surface area contributed by atoms with Crippen molar-refractivity contribution in [2.45, 2.75) is 46.2 Å². The highest BCUT2D eigenvalue weighted by atomic mass is 127. The number of benzene rings is 1. The van der Waals surface area contributed by atoms with Crippen LogP contribution < -0.4 is 10.6 Å². The molecule has 1 aliphatic rings. The molecular weight excluding hydrogens is 399 g/mol. The van der Waals surface area contributed by atoms with Crippen molar-refractivity contribution in [3.05, 3.63) is 35.4 Å². The Bertz CT molecular complexity index is 508. The van der Waals surface area contributed by atoms with Gasteiger partial charge in [-0.15, -0.1) is 24.0 Å². The van der Waals surface area contributed by atoms with Crippen LogP contribution in [-0.2, 0) is 13.0 Å². The van der Waals surface area contributed by atoms with Crippen molar-refractivity contribution >= 4 is 29.9 Å². The van der Waals surface area contributed by atoms with Gasteiger partial charge < -0.3 is 10.6 Å². The molecule has 1 aromatic rings. The molecule has 0 spiro atoms. The first-order valence-electron chi connectivity index (χ1n) is 8.33. The molecule has 0 bridgehead atoms. The monoisotopic (exact) mass is 430 g/mol. The summed E-state index contributed by atoms with van der Waals surface area (Å²) in [6, 6.07) is 8.77. The van der Waals surface area contributed by atoms with E-state index in [9.17, 15) is 0 Å². The van der Waals surface area contributed by atoms with E-state index in [1.165, 1.54) is 11.1 Å². The summed E-state index contributed by atoms with van der Waals surface area (Å²) in [6.45, 7) is 13.5. The van der Waals surface area contributed by atoms with E-state index < -0.39 is 0 Å². The summed E-state index contributed by atoms with van der Waals surface area (Å²) in [5.41, 5.74) is 3.01. The topological polar surface area (TPSA) is 39.7 Å². The van der Waals surface area contributed by atoms with Gasteiger partial charge in [-0.3, -0.25) is 9.89 Å². The molecule has 0 aliphatic carbocycles. The maximum absolute atomic E-state index is 4.70. The molecule has 0 fully saturated rings. The molecule has 5 heteroatoms. The van der Waals surface area contributed by atoms with Crippen molar-refractivity contribution in [3.63, 3.8) is 0 Å². The molecule has 130 valence electrons. The molecule has 0 aromatic heterocycles. The van der Waals surface area contributed by atoms with Crippen LogP contribution in [0, 0.1) is 0 Å². The molecule has 0 saturated heterocycles. The van der Waals surface area contributed by atoms with E-state index in [4.69, 9.17) is 4.99 Å². The number of nitrogens with zero attached hydrogens (tertiary/aromatic N) is 2. The Hall–Kier alpha value is -0.820. The van der Waals surface area contributed by atoms with Crippen LogP contribution in [0.2, 0.25) is 0 Å². The van der Waals surface area contributed by atoms with Crippen LogP contribution >= 0.6 is 24.0 Å². The molecule has 0 radical (unpaired) electrons. The molecule has 2 N–H and O–H groups in total. The lowest BCUT2D eigenvalue weighted by Crippen LogP contribution is -2.47. The lowest BCUT2D eigenvalue weighted by molar-refractivity contribution is 0.261. The molecule has 2 rings (SSSR count). The van der Waals surface area contributed by atoms with Gasteiger partial charge in [0.15, 0.2) is 5.96 Å². The number of hydrogen-bond donors (Lipinski definition) is 2. The Labute approximate surface area is 158 Å². The third-order valence-electron chi connectivity index (χ3n) is 3.73. The second kappa shape index (κ2) is 9.47. The predicted octanol–water partition coefficient (Wildman–Crippen LogP) is 3.02. The lowest BCUT2D eigenvalue weighted by atomic mass is 10.00. The van der Waals surface area contributed by atoms with E-state index in [1.807, 2.05) is 0 Å². The van der Waals surface area contributed by atoms with E-state index in [2.05, 4.69) is 67.5 Å². The van der Waals surface area contributed by atoms with Gasteiger partial charge >= 0.3 is 0 Å². The number of hydrogen-bond acceptors (Lipinski definition) is 2. The zero-order valence-corrected chi connectivity index (χ0v) is 17.2. The van der Waals surface area contributed by atoms with Crippen LogP contribution in [0.3, 0.4) is 0 Å². The predicted molar refractivity (Wildman–Crippen MR) is 110 cm³/mol. The van der Waals surface area contributed by atoms with Crippen molar-refractivity contribution < 1.29 is 0 Å². The number of fused-ring (bicyclic) bond motifs is 1. The molecule has 23 heavy (non-hydrogen) atoms. The van der Waals surface area contributed by atoms with Crippen LogP contribution in [0.5, 0.6) is 0 Å². The first-order chi connectivity index (χ1) is 10.5. The van der Waals surface area contributed by atoms with Crippen LogP contribution in [0.4, 0.5) is 0 Å². The minimum absolute atomic E-state index is 0. The summed E-state index contributed by atoms with van der Waals surface area (Å²) < 4.78 is 0. The van der Waals surface area contributed by atoms with Crippen molar-refractivity contribution in [1.29, 1.82) is 0 Å². The molecular formula is C18H31IN4. The molecule has 1 heterocycles. The number of guanidine groups is 1. The summed E-state index contributed by atoms with van der Waals surface area (Å²) in [5.74, 6) is 0.910. The standard InChI is InChI=1S/C18H30N4.HI/c1-5-19-17(21-18(2,3)4)20-11-13-22-12-10-15-8-6-7-9-16(15)14-22;/h6-9H,5,10-14H2,1-4H3,(H2,19,20,21);1H. The van der Waals surface area contributed by atoms with Crippen LogP contribution in [0.15, 0.2) is 29.3 Å². The van der Waals surface area contributed by atoms with Crippen LogP contribution in [0.25, 0.3) is 0 Å². The second-order valence-corrected chi connectivity index (χ2v) is 6.93. The van der Waals surface area contributed by atoms with Crippen molar-refractivity contribution in [2.24, 2.45) is 4.99 Å². The first-order valence-corrected chi connectivity index (χ1v) is 8.33. The van der Waals surface area contributed by atoms with E-state index in [0.29, 0.717) is 0 Å². The highest BCUT2D eigenvalue weighted by molar-refractivity contribution is 14.0. The van der Waals surface area contributed by atoms with Crippen LogP contribution in [-0.4, -0.2) is 42.6 Å². The van der Waals surface area contributed by atoms with E-state index in [-0.39, 0.29) is 29.5 Å². The van der Waals surface area contributed by atoms with Gasteiger partial charge in [0.05, 0.1) is 6.54 Å². The zero-order valence-electron chi connectivity index (χ0n) is 14.9. The summed E-state index contributed by atoms with van der Waals surface area (Å²) in [4.78, 5) is 7.19. The Morgan fingerprint density at radius 1 is 1.22 bits per heavy atom. The number of nitrogens with one attached hydrogen (secondary N) is 2. The lowest BCUT2D eigenvalue weighted by Gasteiger charge is -2.28. The highest BCUT2D eigenvalue weighted by Crippen LogP contribution is 2.17. The normalized spacial score (nSPS) is 15.6. The maximum atomic E-state index is 4.70. The van der Waals surface area contributed by atoms with E-state index in [0.717, 1.165) is 45.1 Å². The molecule has 0 unspecified atom stereocenters. The fraction of sp³-hybridized carbons (Fsp3) is 0.611. The molecule has 0 atom stereocenters. The Balaban J connectivity index is 0.00000264. The highest BCUT2D eigenvalue weighted by Gasteiger charge is 2.15. The number of aliphatic imine (C=N–C) groups is 1. The Kier molecular flexibility index (Phi) is 8.33. The summed E-state index contributed by atoms with van der Waals surface area (Å²) in [7, 11) is 0. The third-order valence-corrected chi connectivity index (χ3v) is 3.73. The summed E-state index contributed by atoms with van der Waals surface area (Å²) in [6.07, 6.45) is 1.15.